The first-order chi connectivity index (χ1) is 11.4. The van der Waals surface area contributed by atoms with Crippen LogP contribution in [0.4, 0.5) is 0 Å². The molecule has 0 fully saturated rings. The first-order valence-electron chi connectivity index (χ1n) is 8.39. The van der Waals surface area contributed by atoms with Gasteiger partial charge in [0.1, 0.15) is 5.76 Å². The maximum absolute atomic E-state index is 12.2. The van der Waals surface area contributed by atoms with Crippen LogP contribution in [0.15, 0.2) is 40.6 Å². The predicted octanol–water partition coefficient (Wildman–Crippen LogP) is 4.29. The number of nitrogens with zero attached hydrogens (tertiary/aromatic N) is 1. The number of aliphatic hydroxyl groups excluding tert-OH is 1. The Morgan fingerprint density at radius 1 is 1.29 bits per heavy atom. The van der Waals surface area contributed by atoms with Crippen molar-refractivity contribution in [1.82, 2.24) is 4.98 Å². The fraction of sp³-hybridized carbons (Fsp3) is 0.400. The number of Topliss-reactive ketones (excluding diaryl/α,β-unsaturated/α-hetero) is 1. The average Bonchev–Trinajstić information content (AvgIpc) is 2.80. The van der Waals surface area contributed by atoms with Crippen molar-refractivity contribution in [3.05, 3.63) is 46.9 Å². The molecule has 2 aromatic rings. The van der Waals surface area contributed by atoms with E-state index in [1.54, 1.807) is 6.21 Å². The van der Waals surface area contributed by atoms with Crippen LogP contribution >= 0.6 is 0 Å². The number of aliphatic hydroxyl groups is 1. The van der Waals surface area contributed by atoms with E-state index >= 15 is 0 Å². The van der Waals surface area contributed by atoms with Gasteiger partial charge >= 0.3 is 0 Å². The Morgan fingerprint density at radius 2 is 2.04 bits per heavy atom. The number of carbonyl (C=O) groups is 1. The number of rotatable bonds is 4. The third-order valence-electron chi connectivity index (χ3n) is 4.63. The van der Waals surface area contributed by atoms with Crippen LogP contribution in [0.5, 0.6) is 0 Å². The maximum Gasteiger partial charge on any atom is 0.168 e. The summed E-state index contributed by atoms with van der Waals surface area (Å²) in [5.74, 6) is 0.152. The summed E-state index contributed by atoms with van der Waals surface area (Å²) in [7, 11) is 0. The Labute approximate surface area is 142 Å². The van der Waals surface area contributed by atoms with E-state index in [0.717, 1.165) is 17.6 Å². The van der Waals surface area contributed by atoms with Gasteiger partial charge in [-0.05, 0) is 30.4 Å². The molecule has 0 saturated heterocycles. The smallest absolute Gasteiger partial charge is 0.168 e. The van der Waals surface area contributed by atoms with Crippen LogP contribution in [0, 0.1) is 12.3 Å². The number of nitrogens with one attached hydrogen (secondary N) is 1. The number of fused-ring (bicyclic) bond motifs is 1. The molecule has 0 bridgehead atoms. The Bertz CT molecular complexity index is 840. The number of aromatic nitrogens is 1. The lowest BCUT2D eigenvalue weighted by atomic mass is 9.77. The van der Waals surface area contributed by atoms with Crippen LogP contribution in [0.25, 0.3) is 10.9 Å². The van der Waals surface area contributed by atoms with Crippen molar-refractivity contribution in [1.29, 1.82) is 0 Å². The molecule has 1 aliphatic rings. The molecule has 126 valence electrons. The molecule has 1 heterocycles. The highest BCUT2D eigenvalue weighted by Crippen LogP contribution is 2.35. The fourth-order valence-corrected chi connectivity index (χ4v) is 3.44. The topological polar surface area (TPSA) is 65.4 Å². The van der Waals surface area contributed by atoms with E-state index in [1.165, 1.54) is 10.9 Å². The number of aryl methyl sites for hydroxylation is 1. The minimum absolute atomic E-state index is 0.0178. The molecule has 0 amide bonds. The Morgan fingerprint density at radius 3 is 2.79 bits per heavy atom. The highest BCUT2D eigenvalue weighted by molar-refractivity contribution is 6.14. The third kappa shape index (κ3) is 3.28. The number of carbonyl (C=O) groups excluding carboxylic acids is 1. The van der Waals surface area contributed by atoms with Crippen LogP contribution in [0.2, 0.25) is 0 Å². The number of benzene rings is 1. The van der Waals surface area contributed by atoms with Gasteiger partial charge in [0.15, 0.2) is 5.78 Å². The minimum Gasteiger partial charge on any atom is -0.511 e. The molecular weight excluding hydrogens is 300 g/mol. The van der Waals surface area contributed by atoms with E-state index in [0.29, 0.717) is 25.0 Å². The molecular formula is C20H24N2O2. The summed E-state index contributed by atoms with van der Waals surface area (Å²) in [5, 5.41) is 11.3. The van der Waals surface area contributed by atoms with Gasteiger partial charge in [-0.1, -0.05) is 32.0 Å². The van der Waals surface area contributed by atoms with Crippen molar-refractivity contribution in [2.75, 3.05) is 6.54 Å². The van der Waals surface area contributed by atoms with Crippen molar-refractivity contribution in [2.45, 2.75) is 40.0 Å². The van der Waals surface area contributed by atoms with Gasteiger partial charge in [-0.3, -0.25) is 9.79 Å². The van der Waals surface area contributed by atoms with Gasteiger partial charge < -0.3 is 10.1 Å². The molecule has 1 aromatic carbocycles. The molecule has 3 rings (SSSR count). The number of ketones is 1. The van der Waals surface area contributed by atoms with Crippen molar-refractivity contribution < 1.29 is 9.90 Å². The maximum atomic E-state index is 12.2. The van der Waals surface area contributed by atoms with E-state index in [-0.39, 0.29) is 17.0 Å². The third-order valence-corrected chi connectivity index (χ3v) is 4.63. The van der Waals surface area contributed by atoms with E-state index in [9.17, 15) is 9.90 Å². The summed E-state index contributed by atoms with van der Waals surface area (Å²) >= 11 is 0. The zero-order valence-corrected chi connectivity index (χ0v) is 14.5. The fourth-order valence-electron chi connectivity index (χ4n) is 3.44. The zero-order valence-electron chi connectivity index (χ0n) is 14.5. The summed E-state index contributed by atoms with van der Waals surface area (Å²) in [4.78, 5) is 19.9. The number of hydrogen-bond acceptors (Lipinski definition) is 3. The molecule has 0 radical (unpaired) electrons. The standard InChI is InChI=1S/C20H24N2O2/c1-13-14(15-6-4-5-7-17(15)22-13)8-9-21-12-16-18(23)10-20(2,3)11-19(16)24/h4-7,12,22-23H,8-11H2,1-3H3. The van der Waals surface area contributed by atoms with Crippen LogP contribution in [-0.4, -0.2) is 28.6 Å². The van der Waals surface area contributed by atoms with Crippen molar-refractivity contribution in [3.8, 4) is 0 Å². The lowest BCUT2D eigenvalue weighted by molar-refractivity contribution is -0.117. The number of aliphatic imine (C=N–C) groups is 1. The van der Waals surface area contributed by atoms with Crippen LogP contribution in [0.1, 0.15) is 37.9 Å². The summed E-state index contributed by atoms with van der Waals surface area (Å²) in [6.07, 6.45) is 3.35. The normalized spacial score (nSPS) is 18.0. The van der Waals surface area contributed by atoms with Crippen molar-refractivity contribution >= 4 is 22.9 Å². The number of H-pyrrole nitrogens is 1. The quantitative estimate of drug-likeness (QED) is 0.824. The minimum atomic E-state index is -0.167. The summed E-state index contributed by atoms with van der Waals surface area (Å²) < 4.78 is 0. The molecule has 0 aliphatic heterocycles. The Kier molecular flexibility index (Phi) is 4.31. The molecule has 0 unspecified atom stereocenters. The molecule has 1 aromatic heterocycles. The van der Waals surface area contributed by atoms with Gasteiger partial charge in [-0.25, -0.2) is 0 Å². The van der Waals surface area contributed by atoms with Gasteiger partial charge in [-0.15, -0.1) is 0 Å². The molecule has 4 heteroatoms. The number of aromatic amines is 1. The van der Waals surface area contributed by atoms with Crippen LogP contribution in [0.3, 0.4) is 0 Å². The zero-order chi connectivity index (χ0) is 17.3. The van der Waals surface area contributed by atoms with Crippen molar-refractivity contribution in [3.63, 3.8) is 0 Å². The SMILES string of the molecule is Cc1[nH]c2ccccc2c1CCN=CC1=C(O)CC(C)(C)CC1=O. The number of para-hydroxylation sites is 1. The Balaban J connectivity index is 1.71. The van der Waals surface area contributed by atoms with Gasteiger partial charge in [0.2, 0.25) is 0 Å². The van der Waals surface area contributed by atoms with Crippen molar-refractivity contribution in [2.24, 2.45) is 10.4 Å². The van der Waals surface area contributed by atoms with E-state index < -0.39 is 0 Å². The molecule has 0 saturated carbocycles. The molecule has 1 aliphatic carbocycles. The summed E-state index contributed by atoms with van der Waals surface area (Å²) in [6.45, 7) is 6.65. The van der Waals surface area contributed by atoms with Gasteiger partial charge in [-0.2, -0.15) is 0 Å². The van der Waals surface area contributed by atoms with Crippen LogP contribution in [-0.2, 0) is 11.2 Å². The van der Waals surface area contributed by atoms with Gasteiger partial charge in [0.05, 0.1) is 5.57 Å². The van der Waals surface area contributed by atoms with E-state index in [1.807, 2.05) is 26.0 Å². The summed E-state index contributed by atoms with van der Waals surface area (Å²) in [5.41, 5.74) is 3.77. The second-order valence-corrected chi connectivity index (χ2v) is 7.36. The molecule has 2 N–H and O–H groups in total. The molecule has 0 spiro atoms. The Hall–Kier alpha value is -2.36. The highest BCUT2D eigenvalue weighted by atomic mass is 16.3. The van der Waals surface area contributed by atoms with E-state index in [2.05, 4.69) is 29.0 Å². The molecule has 4 nitrogen and oxygen atoms in total. The summed E-state index contributed by atoms with van der Waals surface area (Å²) in [6, 6.07) is 8.23. The number of hydrogen-bond donors (Lipinski definition) is 2. The highest BCUT2D eigenvalue weighted by Gasteiger charge is 2.32. The lowest BCUT2D eigenvalue weighted by Gasteiger charge is -2.28. The second-order valence-electron chi connectivity index (χ2n) is 7.36. The number of allylic oxidation sites excluding steroid dienone is 2. The largest absolute Gasteiger partial charge is 0.511 e. The van der Waals surface area contributed by atoms with Gasteiger partial charge in [0, 0.05) is 42.2 Å². The average molecular weight is 324 g/mol. The lowest BCUT2D eigenvalue weighted by Crippen LogP contribution is -2.26. The molecule has 24 heavy (non-hydrogen) atoms. The molecule has 0 atom stereocenters. The first kappa shape index (κ1) is 16.5. The predicted molar refractivity (Wildman–Crippen MR) is 97.8 cm³/mol. The first-order valence-corrected chi connectivity index (χ1v) is 8.39. The van der Waals surface area contributed by atoms with Crippen LogP contribution < -0.4 is 0 Å². The van der Waals surface area contributed by atoms with E-state index in [4.69, 9.17) is 0 Å². The second kappa shape index (κ2) is 6.27. The monoisotopic (exact) mass is 324 g/mol. The van der Waals surface area contributed by atoms with Gasteiger partial charge in [0.25, 0.3) is 0 Å².